The summed E-state index contributed by atoms with van der Waals surface area (Å²) in [6, 6.07) is 8.86. The molecule has 2 amide bonds. The lowest BCUT2D eigenvalue weighted by molar-refractivity contribution is -0.143. The number of alkyl halides is 6. The van der Waals surface area contributed by atoms with Crippen molar-refractivity contribution in [1.29, 1.82) is 0 Å². The van der Waals surface area contributed by atoms with Crippen molar-refractivity contribution in [1.82, 2.24) is 15.5 Å². The minimum absolute atomic E-state index is 0.0952. The fraction of sp³-hybridized carbons (Fsp3) is 0.500. The van der Waals surface area contributed by atoms with Crippen molar-refractivity contribution in [2.75, 3.05) is 26.2 Å². The van der Waals surface area contributed by atoms with E-state index >= 15 is 0 Å². The lowest BCUT2D eigenvalue weighted by Crippen LogP contribution is -2.56. The Kier molecular flexibility index (Phi) is 7.28. The normalized spacial score (nSPS) is 23.3. The van der Waals surface area contributed by atoms with Gasteiger partial charge in [0.1, 0.15) is 0 Å². The average Bonchev–Trinajstić information content (AvgIpc) is 2.81. The molecule has 2 saturated heterocycles. The quantitative estimate of drug-likeness (QED) is 0.484. The molecule has 2 aliphatic heterocycles. The lowest BCUT2D eigenvalue weighted by Gasteiger charge is -2.48. The van der Waals surface area contributed by atoms with Crippen molar-refractivity contribution in [3.8, 4) is 0 Å². The maximum atomic E-state index is 13.3. The number of nitrogens with zero attached hydrogens (tertiary/aromatic N) is 1. The van der Waals surface area contributed by atoms with E-state index in [1.54, 1.807) is 4.90 Å². The van der Waals surface area contributed by atoms with Crippen molar-refractivity contribution in [3.63, 3.8) is 0 Å². The van der Waals surface area contributed by atoms with E-state index in [0.717, 1.165) is 42.8 Å². The highest BCUT2D eigenvalue weighted by Crippen LogP contribution is 2.41. The second-order valence-electron chi connectivity index (χ2n) is 9.90. The third-order valence-electron chi connectivity index (χ3n) is 7.22. The first-order chi connectivity index (χ1) is 16.8. The van der Waals surface area contributed by atoms with E-state index in [9.17, 15) is 31.1 Å². The summed E-state index contributed by atoms with van der Waals surface area (Å²) in [5, 5.41) is 6.21. The summed E-state index contributed by atoms with van der Waals surface area (Å²) in [5.41, 5.74) is -0.752. The SMILES string of the molecule is Cc1ccccc1C1C2CNCC(C2)CN1C(=O)NCC(C)c1cc(C(F)(F)F)cc(C(F)(F)F)c1. The van der Waals surface area contributed by atoms with Crippen LogP contribution in [0.15, 0.2) is 42.5 Å². The number of carbonyl (C=O) groups excluding carboxylic acids is 1. The van der Waals surface area contributed by atoms with Crippen LogP contribution in [0, 0.1) is 18.8 Å². The summed E-state index contributed by atoms with van der Waals surface area (Å²) in [6.45, 7) is 5.47. The summed E-state index contributed by atoms with van der Waals surface area (Å²) in [4.78, 5) is 15.1. The smallest absolute Gasteiger partial charge is 0.337 e. The molecule has 0 aliphatic carbocycles. The van der Waals surface area contributed by atoms with Gasteiger partial charge in [-0.15, -0.1) is 0 Å². The lowest BCUT2D eigenvalue weighted by atomic mass is 9.77. The van der Waals surface area contributed by atoms with Gasteiger partial charge in [-0.1, -0.05) is 31.2 Å². The van der Waals surface area contributed by atoms with Gasteiger partial charge in [-0.25, -0.2) is 4.79 Å². The predicted octanol–water partition coefficient (Wildman–Crippen LogP) is 6.13. The van der Waals surface area contributed by atoms with Crippen LogP contribution in [0.4, 0.5) is 31.1 Å². The number of fused-ring (bicyclic) bond motifs is 2. The van der Waals surface area contributed by atoms with Crippen molar-refractivity contribution < 1.29 is 31.1 Å². The van der Waals surface area contributed by atoms with E-state index in [1.807, 2.05) is 31.2 Å². The zero-order chi connectivity index (χ0) is 26.3. The van der Waals surface area contributed by atoms with Crippen molar-refractivity contribution in [3.05, 3.63) is 70.3 Å². The number of benzene rings is 2. The number of rotatable bonds is 4. The standard InChI is InChI=1S/C26H29F6N3O/c1-15-5-3-4-6-22(15)23-19-7-17(12-33-13-19)14-35(23)24(36)34-11-16(2)18-8-20(25(27,28)29)10-21(9-18)26(30,31)32/h3-6,8-10,16-17,19,23,33H,7,11-14H2,1-2H3,(H,34,36). The highest BCUT2D eigenvalue weighted by atomic mass is 19.4. The van der Waals surface area contributed by atoms with Crippen molar-refractivity contribution in [2.45, 2.75) is 44.6 Å². The van der Waals surface area contributed by atoms with Crippen LogP contribution in [0.3, 0.4) is 0 Å². The Hall–Kier alpha value is -2.75. The molecule has 2 bridgehead atoms. The van der Waals surface area contributed by atoms with Gasteiger partial charge in [0.15, 0.2) is 0 Å². The number of amides is 2. The molecule has 2 N–H and O–H groups in total. The monoisotopic (exact) mass is 513 g/mol. The zero-order valence-corrected chi connectivity index (χ0v) is 20.0. The maximum Gasteiger partial charge on any atom is 0.416 e. The molecule has 2 fully saturated rings. The van der Waals surface area contributed by atoms with Crippen LogP contribution < -0.4 is 10.6 Å². The molecule has 0 spiro atoms. The summed E-state index contributed by atoms with van der Waals surface area (Å²) in [5.74, 6) is -0.273. The van der Waals surface area contributed by atoms with E-state index in [1.165, 1.54) is 6.92 Å². The molecule has 2 aromatic carbocycles. The molecule has 2 aliphatic rings. The van der Waals surface area contributed by atoms with Crippen LogP contribution in [0.5, 0.6) is 0 Å². The van der Waals surface area contributed by atoms with E-state index in [0.29, 0.717) is 6.54 Å². The van der Waals surface area contributed by atoms with Gasteiger partial charge in [0.25, 0.3) is 0 Å². The minimum Gasteiger partial charge on any atom is -0.337 e. The molecule has 4 rings (SSSR count). The van der Waals surface area contributed by atoms with Gasteiger partial charge in [0.2, 0.25) is 0 Å². The number of carbonyl (C=O) groups is 1. The summed E-state index contributed by atoms with van der Waals surface area (Å²) in [6.07, 6.45) is -8.85. The van der Waals surface area contributed by atoms with E-state index < -0.39 is 29.4 Å². The number of halogens is 6. The molecular formula is C26H29F6N3O. The van der Waals surface area contributed by atoms with Crippen LogP contribution in [0.25, 0.3) is 0 Å². The Morgan fingerprint density at radius 3 is 2.31 bits per heavy atom. The van der Waals surface area contributed by atoms with Gasteiger partial charge in [-0.3, -0.25) is 0 Å². The van der Waals surface area contributed by atoms with Gasteiger partial charge in [0.05, 0.1) is 17.2 Å². The van der Waals surface area contributed by atoms with Crippen LogP contribution in [-0.2, 0) is 12.4 Å². The van der Waals surface area contributed by atoms with Crippen molar-refractivity contribution in [2.24, 2.45) is 11.8 Å². The first kappa shape index (κ1) is 26.3. The molecule has 0 saturated carbocycles. The van der Waals surface area contributed by atoms with Gasteiger partial charge in [-0.2, -0.15) is 26.3 Å². The van der Waals surface area contributed by atoms with E-state index in [2.05, 4.69) is 10.6 Å². The second-order valence-corrected chi connectivity index (χ2v) is 9.90. The van der Waals surface area contributed by atoms with Crippen LogP contribution >= 0.6 is 0 Å². The molecular weight excluding hydrogens is 484 g/mol. The minimum atomic E-state index is -4.92. The molecule has 10 heteroatoms. The van der Waals surface area contributed by atoms with Gasteiger partial charge in [-0.05, 0) is 72.5 Å². The fourth-order valence-corrected chi connectivity index (χ4v) is 5.37. The molecule has 0 radical (unpaired) electrons. The number of hydrogen-bond acceptors (Lipinski definition) is 2. The molecule has 4 nitrogen and oxygen atoms in total. The molecule has 2 aromatic rings. The van der Waals surface area contributed by atoms with Gasteiger partial charge >= 0.3 is 18.4 Å². The van der Waals surface area contributed by atoms with Crippen molar-refractivity contribution >= 4 is 6.03 Å². The number of likely N-dealkylation sites (tertiary alicyclic amines) is 1. The summed E-state index contributed by atoms with van der Waals surface area (Å²) in [7, 11) is 0. The van der Waals surface area contributed by atoms with Gasteiger partial charge < -0.3 is 15.5 Å². The predicted molar refractivity (Wildman–Crippen MR) is 123 cm³/mol. The highest BCUT2D eigenvalue weighted by Gasteiger charge is 2.42. The second kappa shape index (κ2) is 9.95. The summed E-state index contributed by atoms with van der Waals surface area (Å²) < 4.78 is 79.5. The first-order valence-electron chi connectivity index (χ1n) is 11.9. The Bertz CT molecular complexity index is 1070. The Morgan fingerprint density at radius 1 is 1.06 bits per heavy atom. The largest absolute Gasteiger partial charge is 0.416 e. The maximum absolute atomic E-state index is 13.3. The molecule has 196 valence electrons. The number of aryl methyl sites for hydroxylation is 1. The van der Waals surface area contributed by atoms with Crippen LogP contribution in [0.2, 0.25) is 0 Å². The van der Waals surface area contributed by atoms with E-state index in [-0.39, 0.29) is 42.1 Å². The van der Waals surface area contributed by atoms with Gasteiger partial charge in [0, 0.05) is 19.6 Å². The Morgan fingerprint density at radius 2 is 1.69 bits per heavy atom. The molecule has 2 heterocycles. The molecule has 0 aromatic heterocycles. The average molecular weight is 514 g/mol. The molecule has 4 atom stereocenters. The topological polar surface area (TPSA) is 44.4 Å². The number of urea groups is 1. The summed E-state index contributed by atoms with van der Waals surface area (Å²) >= 11 is 0. The number of piperidine rings is 2. The first-order valence-corrected chi connectivity index (χ1v) is 11.9. The molecule has 36 heavy (non-hydrogen) atoms. The number of nitrogens with one attached hydrogen (secondary N) is 2. The fourth-order valence-electron chi connectivity index (χ4n) is 5.37. The van der Waals surface area contributed by atoms with E-state index in [4.69, 9.17) is 0 Å². The van der Waals surface area contributed by atoms with Crippen LogP contribution in [0.1, 0.15) is 53.1 Å². The highest BCUT2D eigenvalue weighted by molar-refractivity contribution is 5.75. The number of hydrogen-bond donors (Lipinski definition) is 2. The molecule has 4 unspecified atom stereocenters. The Labute approximate surface area is 206 Å². The third-order valence-corrected chi connectivity index (χ3v) is 7.22. The Balaban J connectivity index is 1.54. The van der Waals surface area contributed by atoms with Crippen LogP contribution in [-0.4, -0.2) is 37.1 Å². The zero-order valence-electron chi connectivity index (χ0n) is 20.0. The third kappa shape index (κ3) is 5.63.